The van der Waals surface area contributed by atoms with Crippen molar-refractivity contribution in [1.82, 2.24) is 10.3 Å². The van der Waals surface area contributed by atoms with E-state index in [0.717, 1.165) is 18.7 Å². The van der Waals surface area contributed by atoms with Crippen LogP contribution in [0.3, 0.4) is 0 Å². The summed E-state index contributed by atoms with van der Waals surface area (Å²) in [6, 6.07) is 8.50. The summed E-state index contributed by atoms with van der Waals surface area (Å²) in [5, 5.41) is 5.63. The Kier molecular flexibility index (Phi) is 4.71. The standard InChI is InChI=1S/C13H15BrN2S/c1-2-15-12(13-11(14)6-8-17-13)9-10-5-3-4-7-16-10/h3-8,12,15H,2,9H2,1H3. The first-order valence-corrected chi connectivity index (χ1v) is 7.34. The molecule has 0 aliphatic rings. The maximum atomic E-state index is 4.39. The number of halogens is 1. The number of likely N-dealkylation sites (N-methyl/N-ethyl adjacent to an activating group) is 1. The fourth-order valence-electron chi connectivity index (χ4n) is 1.79. The average Bonchev–Trinajstić information content (AvgIpc) is 2.76. The minimum absolute atomic E-state index is 0.337. The van der Waals surface area contributed by atoms with Gasteiger partial charge in [0.05, 0.1) is 0 Å². The van der Waals surface area contributed by atoms with Crippen LogP contribution in [-0.4, -0.2) is 11.5 Å². The van der Waals surface area contributed by atoms with Gasteiger partial charge in [-0.05, 0) is 46.1 Å². The third kappa shape index (κ3) is 3.37. The Hall–Kier alpha value is -0.710. The molecule has 2 nitrogen and oxygen atoms in total. The number of hydrogen-bond acceptors (Lipinski definition) is 3. The smallest absolute Gasteiger partial charge is 0.0482 e. The molecule has 2 aromatic heterocycles. The van der Waals surface area contributed by atoms with Crippen molar-refractivity contribution in [3.63, 3.8) is 0 Å². The van der Waals surface area contributed by atoms with Crippen LogP contribution in [0.1, 0.15) is 23.5 Å². The molecule has 0 aromatic carbocycles. The Morgan fingerprint density at radius 1 is 1.41 bits per heavy atom. The summed E-state index contributed by atoms with van der Waals surface area (Å²) < 4.78 is 1.18. The fourth-order valence-corrected chi connectivity index (χ4v) is 3.51. The van der Waals surface area contributed by atoms with Crippen LogP contribution in [0.15, 0.2) is 40.3 Å². The van der Waals surface area contributed by atoms with Crippen LogP contribution in [0, 0.1) is 0 Å². The first kappa shape index (κ1) is 12.7. The average molecular weight is 311 g/mol. The van der Waals surface area contributed by atoms with E-state index >= 15 is 0 Å². The largest absolute Gasteiger partial charge is 0.309 e. The van der Waals surface area contributed by atoms with E-state index in [1.165, 1.54) is 9.35 Å². The van der Waals surface area contributed by atoms with E-state index in [0.29, 0.717) is 6.04 Å². The molecule has 0 amide bonds. The molecule has 0 aliphatic heterocycles. The third-order valence-corrected chi connectivity index (χ3v) is 4.54. The van der Waals surface area contributed by atoms with Gasteiger partial charge in [-0.1, -0.05) is 13.0 Å². The molecule has 4 heteroatoms. The zero-order valence-corrected chi connectivity index (χ0v) is 12.1. The first-order valence-electron chi connectivity index (χ1n) is 5.67. The van der Waals surface area contributed by atoms with Gasteiger partial charge < -0.3 is 5.32 Å². The predicted octanol–water partition coefficient (Wildman–Crippen LogP) is 3.80. The number of nitrogens with zero attached hydrogens (tertiary/aromatic N) is 1. The molecule has 2 heterocycles. The molecule has 17 heavy (non-hydrogen) atoms. The molecule has 1 unspecified atom stereocenters. The normalized spacial score (nSPS) is 12.6. The molecular formula is C13H15BrN2S. The summed E-state index contributed by atoms with van der Waals surface area (Å²) in [6.45, 7) is 3.09. The molecule has 90 valence electrons. The molecule has 0 saturated heterocycles. The summed E-state index contributed by atoms with van der Waals surface area (Å²) >= 11 is 5.38. The SMILES string of the molecule is CCNC(Cc1ccccn1)c1sccc1Br. The van der Waals surface area contributed by atoms with Crippen LogP contribution in [0.2, 0.25) is 0 Å². The molecule has 2 rings (SSSR count). The highest BCUT2D eigenvalue weighted by atomic mass is 79.9. The van der Waals surface area contributed by atoms with Gasteiger partial charge in [-0.25, -0.2) is 0 Å². The highest BCUT2D eigenvalue weighted by Crippen LogP contribution is 2.30. The molecule has 0 radical (unpaired) electrons. The predicted molar refractivity (Wildman–Crippen MR) is 76.4 cm³/mol. The van der Waals surface area contributed by atoms with Crippen molar-refractivity contribution in [2.45, 2.75) is 19.4 Å². The number of nitrogens with one attached hydrogen (secondary N) is 1. The molecule has 0 fully saturated rings. The fraction of sp³-hybridized carbons (Fsp3) is 0.308. The lowest BCUT2D eigenvalue weighted by Gasteiger charge is -2.16. The van der Waals surface area contributed by atoms with Crippen LogP contribution in [0.25, 0.3) is 0 Å². The zero-order valence-electron chi connectivity index (χ0n) is 9.69. The molecule has 1 N–H and O–H groups in total. The van der Waals surface area contributed by atoms with Crippen LogP contribution >= 0.6 is 27.3 Å². The van der Waals surface area contributed by atoms with E-state index in [4.69, 9.17) is 0 Å². The van der Waals surface area contributed by atoms with Gasteiger partial charge in [-0.2, -0.15) is 0 Å². The molecule has 0 aliphatic carbocycles. The van der Waals surface area contributed by atoms with Crippen molar-refractivity contribution in [2.24, 2.45) is 0 Å². The second kappa shape index (κ2) is 6.28. The van der Waals surface area contributed by atoms with Gasteiger partial charge in [-0.15, -0.1) is 11.3 Å². The number of thiophene rings is 1. The van der Waals surface area contributed by atoms with Crippen molar-refractivity contribution in [3.05, 3.63) is 50.9 Å². The molecule has 0 saturated carbocycles. The maximum absolute atomic E-state index is 4.39. The van der Waals surface area contributed by atoms with Crippen LogP contribution < -0.4 is 5.32 Å². The number of pyridine rings is 1. The van der Waals surface area contributed by atoms with Gasteiger partial charge in [-0.3, -0.25) is 4.98 Å². The van der Waals surface area contributed by atoms with Crippen molar-refractivity contribution in [1.29, 1.82) is 0 Å². The molecule has 0 bridgehead atoms. The Labute approximate surface area is 114 Å². The summed E-state index contributed by atoms with van der Waals surface area (Å²) in [5.74, 6) is 0. The van der Waals surface area contributed by atoms with Gasteiger partial charge in [0.2, 0.25) is 0 Å². The Morgan fingerprint density at radius 2 is 2.29 bits per heavy atom. The van der Waals surface area contributed by atoms with Gasteiger partial charge >= 0.3 is 0 Å². The first-order chi connectivity index (χ1) is 8.31. The highest BCUT2D eigenvalue weighted by molar-refractivity contribution is 9.10. The van der Waals surface area contributed by atoms with E-state index in [1.54, 1.807) is 11.3 Å². The van der Waals surface area contributed by atoms with E-state index < -0.39 is 0 Å². The van der Waals surface area contributed by atoms with E-state index in [2.05, 4.69) is 50.7 Å². The Balaban J connectivity index is 2.16. The molecular weight excluding hydrogens is 296 g/mol. The van der Waals surface area contributed by atoms with Gasteiger partial charge in [0, 0.05) is 33.7 Å². The Morgan fingerprint density at radius 3 is 2.88 bits per heavy atom. The van der Waals surface area contributed by atoms with Crippen molar-refractivity contribution < 1.29 is 0 Å². The minimum Gasteiger partial charge on any atom is -0.309 e. The molecule has 0 spiro atoms. The van der Waals surface area contributed by atoms with Gasteiger partial charge in [0.15, 0.2) is 0 Å². The third-order valence-electron chi connectivity index (χ3n) is 2.55. The lowest BCUT2D eigenvalue weighted by atomic mass is 10.1. The lowest BCUT2D eigenvalue weighted by Crippen LogP contribution is -2.22. The Bertz CT molecular complexity index is 455. The summed E-state index contributed by atoms with van der Waals surface area (Å²) in [4.78, 5) is 5.73. The van der Waals surface area contributed by atoms with Crippen molar-refractivity contribution in [3.8, 4) is 0 Å². The van der Waals surface area contributed by atoms with Crippen LogP contribution in [0.4, 0.5) is 0 Å². The van der Waals surface area contributed by atoms with E-state index in [-0.39, 0.29) is 0 Å². The molecule has 1 atom stereocenters. The number of rotatable bonds is 5. The van der Waals surface area contributed by atoms with Crippen LogP contribution in [-0.2, 0) is 6.42 Å². The second-order valence-corrected chi connectivity index (χ2v) is 5.57. The van der Waals surface area contributed by atoms with Crippen molar-refractivity contribution in [2.75, 3.05) is 6.54 Å². The monoisotopic (exact) mass is 310 g/mol. The number of hydrogen-bond donors (Lipinski definition) is 1. The minimum atomic E-state index is 0.337. The number of aromatic nitrogens is 1. The van der Waals surface area contributed by atoms with E-state index in [1.807, 2.05) is 18.3 Å². The summed E-state index contributed by atoms with van der Waals surface area (Å²) in [7, 11) is 0. The van der Waals surface area contributed by atoms with Gasteiger partial charge in [0.1, 0.15) is 0 Å². The summed E-state index contributed by atoms with van der Waals surface area (Å²) in [5.41, 5.74) is 1.12. The molecule has 2 aromatic rings. The van der Waals surface area contributed by atoms with Gasteiger partial charge in [0.25, 0.3) is 0 Å². The quantitative estimate of drug-likeness (QED) is 0.908. The zero-order chi connectivity index (χ0) is 12.1. The lowest BCUT2D eigenvalue weighted by molar-refractivity contribution is 0.550. The highest BCUT2D eigenvalue weighted by Gasteiger charge is 2.15. The van der Waals surface area contributed by atoms with Crippen molar-refractivity contribution >= 4 is 27.3 Å². The van der Waals surface area contributed by atoms with E-state index in [9.17, 15) is 0 Å². The topological polar surface area (TPSA) is 24.9 Å². The maximum Gasteiger partial charge on any atom is 0.0482 e. The van der Waals surface area contributed by atoms with Crippen LogP contribution in [0.5, 0.6) is 0 Å². The second-order valence-electron chi connectivity index (χ2n) is 3.77. The summed E-state index contributed by atoms with van der Waals surface area (Å²) in [6.07, 6.45) is 2.77.